The highest BCUT2D eigenvalue weighted by molar-refractivity contribution is 5.76. The number of nitrogens with zero attached hydrogens (tertiary/aromatic N) is 4. The minimum Gasteiger partial charge on any atom is -0.345 e. The Labute approximate surface area is 127 Å². The van der Waals surface area contributed by atoms with Crippen LogP contribution in [0.15, 0.2) is 6.07 Å². The van der Waals surface area contributed by atoms with Crippen molar-refractivity contribution in [3.8, 4) is 0 Å². The minimum atomic E-state index is 0.290. The van der Waals surface area contributed by atoms with E-state index < -0.39 is 0 Å². The largest absolute Gasteiger partial charge is 0.345 e. The summed E-state index contributed by atoms with van der Waals surface area (Å²) >= 11 is 0. The van der Waals surface area contributed by atoms with Gasteiger partial charge >= 0.3 is 0 Å². The summed E-state index contributed by atoms with van der Waals surface area (Å²) in [5.74, 6) is 0.907. The third kappa shape index (κ3) is 4.56. The third-order valence-electron chi connectivity index (χ3n) is 4.31. The first-order valence-electron chi connectivity index (χ1n) is 7.89. The highest BCUT2D eigenvalue weighted by atomic mass is 16.2. The van der Waals surface area contributed by atoms with Gasteiger partial charge in [-0.3, -0.25) is 9.48 Å². The number of likely N-dealkylation sites (tertiary alicyclic amines) is 1. The van der Waals surface area contributed by atoms with Crippen molar-refractivity contribution in [3.63, 3.8) is 0 Å². The number of aryl methyl sites for hydroxylation is 3. The third-order valence-corrected chi connectivity index (χ3v) is 4.31. The molecule has 2 rings (SSSR count). The van der Waals surface area contributed by atoms with Gasteiger partial charge in [0.2, 0.25) is 5.91 Å². The summed E-state index contributed by atoms with van der Waals surface area (Å²) in [5, 5.41) is 4.50. The van der Waals surface area contributed by atoms with Crippen molar-refractivity contribution >= 4 is 5.91 Å². The lowest BCUT2D eigenvalue weighted by Gasteiger charge is -2.32. The fourth-order valence-electron chi connectivity index (χ4n) is 3.17. The van der Waals surface area contributed by atoms with Crippen LogP contribution in [-0.4, -0.2) is 59.2 Å². The highest BCUT2D eigenvalue weighted by Crippen LogP contribution is 2.17. The van der Waals surface area contributed by atoms with Gasteiger partial charge in [-0.15, -0.1) is 0 Å². The lowest BCUT2D eigenvalue weighted by Crippen LogP contribution is -2.41. The monoisotopic (exact) mass is 292 g/mol. The second kappa shape index (κ2) is 7.07. The molecule has 1 unspecified atom stereocenters. The lowest BCUT2D eigenvalue weighted by atomic mass is 9.97. The van der Waals surface area contributed by atoms with Crippen LogP contribution in [0.2, 0.25) is 0 Å². The van der Waals surface area contributed by atoms with Gasteiger partial charge < -0.3 is 9.80 Å². The molecule has 1 aliphatic heterocycles. The van der Waals surface area contributed by atoms with E-state index in [0.717, 1.165) is 44.7 Å². The van der Waals surface area contributed by atoms with Crippen molar-refractivity contribution in [1.29, 1.82) is 0 Å². The number of aromatic nitrogens is 2. The topological polar surface area (TPSA) is 41.4 Å². The molecule has 0 bridgehead atoms. The molecule has 2 heterocycles. The first kappa shape index (κ1) is 16.0. The molecule has 5 heteroatoms. The standard InChI is InChI=1S/C16H28N4O/c1-13-10-14(2)20(17-13)9-5-8-18(3)11-15-6-7-16(21)19(4)12-15/h10,15H,5-9,11-12H2,1-4H3. The second-order valence-corrected chi connectivity index (χ2v) is 6.45. The van der Waals surface area contributed by atoms with Crippen molar-refractivity contribution in [2.75, 3.05) is 33.7 Å². The molecule has 1 atom stereocenters. The molecule has 1 aliphatic rings. The molecule has 1 fully saturated rings. The molecule has 0 N–H and O–H groups in total. The van der Waals surface area contributed by atoms with Crippen LogP contribution in [0, 0.1) is 19.8 Å². The maximum absolute atomic E-state index is 11.5. The van der Waals surface area contributed by atoms with Crippen LogP contribution in [0.4, 0.5) is 0 Å². The fraction of sp³-hybridized carbons (Fsp3) is 0.750. The quantitative estimate of drug-likeness (QED) is 0.801. The Morgan fingerprint density at radius 3 is 2.81 bits per heavy atom. The van der Waals surface area contributed by atoms with Crippen molar-refractivity contribution in [2.45, 2.75) is 39.7 Å². The Bertz CT molecular complexity index is 483. The first-order valence-corrected chi connectivity index (χ1v) is 7.89. The molecular formula is C16H28N4O. The molecular weight excluding hydrogens is 264 g/mol. The van der Waals surface area contributed by atoms with Crippen molar-refractivity contribution in [2.24, 2.45) is 5.92 Å². The smallest absolute Gasteiger partial charge is 0.222 e. The summed E-state index contributed by atoms with van der Waals surface area (Å²) < 4.78 is 2.09. The number of carbonyl (C=O) groups excluding carboxylic acids is 1. The van der Waals surface area contributed by atoms with Gasteiger partial charge in [0, 0.05) is 38.8 Å². The maximum Gasteiger partial charge on any atom is 0.222 e. The second-order valence-electron chi connectivity index (χ2n) is 6.45. The average Bonchev–Trinajstić information content (AvgIpc) is 2.72. The Morgan fingerprint density at radius 1 is 1.43 bits per heavy atom. The van der Waals surface area contributed by atoms with Crippen LogP contribution in [0.1, 0.15) is 30.7 Å². The molecule has 1 amide bonds. The molecule has 0 radical (unpaired) electrons. The Morgan fingerprint density at radius 2 is 2.19 bits per heavy atom. The normalized spacial score (nSPS) is 19.6. The molecule has 118 valence electrons. The predicted molar refractivity (Wildman–Crippen MR) is 84.2 cm³/mol. The molecule has 0 spiro atoms. The molecule has 0 saturated carbocycles. The summed E-state index contributed by atoms with van der Waals surface area (Å²) in [5.41, 5.74) is 2.33. The van der Waals surface area contributed by atoms with Crippen molar-refractivity contribution < 1.29 is 4.79 Å². The van der Waals surface area contributed by atoms with Crippen LogP contribution in [-0.2, 0) is 11.3 Å². The maximum atomic E-state index is 11.5. The summed E-state index contributed by atoms with van der Waals surface area (Å²) in [6.07, 6.45) is 2.85. The minimum absolute atomic E-state index is 0.290. The van der Waals surface area contributed by atoms with E-state index in [4.69, 9.17) is 0 Å². The van der Waals surface area contributed by atoms with Crippen LogP contribution < -0.4 is 0 Å². The van der Waals surface area contributed by atoms with Crippen LogP contribution in [0.25, 0.3) is 0 Å². The predicted octanol–water partition coefficient (Wildman–Crippen LogP) is 1.69. The van der Waals surface area contributed by atoms with Gasteiger partial charge in [0.25, 0.3) is 0 Å². The van der Waals surface area contributed by atoms with E-state index in [9.17, 15) is 4.79 Å². The molecule has 1 saturated heterocycles. The molecule has 5 nitrogen and oxygen atoms in total. The molecule has 0 aliphatic carbocycles. The van der Waals surface area contributed by atoms with Crippen LogP contribution in [0.3, 0.4) is 0 Å². The van der Waals surface area contributed by atoms with E-state index in [0.29, 0.717) is 18.2 Å². The number of amides is 1. The number of piperidine rings is 1. The summed E-state index contributed by atoms with van der Waals surface area (Å²) in [4.78, 5) is 15.8. The van der Waals surface area contributed by atoms with E-state index >= 15 is 0 Å². The fourth-order valence-corrected chi connectivity index (χ4v) is 3.17. The summed E-state index contributed by atoms with van der Waals surface area (Å²) in [6, 6.07) is 2.12. The van der Waals surface area contributed by atoms with E-state index in [1.165, 1.54) is 5.69 Å². The molecule has 0 aromatic carbocycles. The SMILES string of the molecule is Cc1cc(C)n(CCCN(C)CC2CCC(=O)N(C)C2)n1. The number of carbonyl (C=O) groups is 1. The highest BCUT2D eigenvalue weighted by Gasteiger charge is 2.23. The Kier molecular flexibility index (Phi) is 5.39. The van der Waals surface area contributed by atoms with Gasteiger partial charge in [-0.2, -0.15) is 5.10 Å². The van der Waals surface area contributed by atoms with Crippen molar-refractivity contribution in [3.05, 3.63) is 17.5 Å². The van der Waals surface area contributed by atoms with Crippen LogP contribution in [0.5, 0.6) is 0 Å². The molecule has 21 heavy (non-hydrogen) atoms. The van der Waals surface area contributed by atoms with Crippen molar-refractivity contribution in [1.82, 2.24) is 19.6 Å². The van der Waals surface area contributed by atoms with Gasteiger partial charge in [-0.05, 0) is 52.3 Å². The van der Waals surface area contributed by atoms with E-state index in [-0.39, 0.29) is 0 Å². The zero-order valence-corrected chi connectivity index (χ0v) is 13.8. The summed E-state index contributed by atoms with van der Waals surface area (Å²) in [6.45, 7) is 8.18. The zero-order valence-electron chi connectivity index (χ0n) is 13.8. The van der Waals surface area contributed by atoms with Gasteiger partial charge in [-0.25, -0.2) is 0 Å². The number of hydrogen-bond donors (Lipinski definition) is 0. The number of hydrogen-bond acceptors (Lipinski definition) is 3. The van der Waals surface area contributed by atoms with E-state index in [1.54, 1.807) is 0 Å². The van der Waals surface area contributed by atoms with Crippen LogP contribution >= 0.6 is 0 Å². The average molecular weight is 292 g/mol. The molecule has 1 aromatic heterocycles. The number of rotatable bonds is 6. The van der Waals surface area contributed by atoms with Gasteiger partial charge in [0.1, 0.15) is 0 Å². The molecule has 1 aromatic rings. The van der Waals surface area contributed by atoms with Gasteiger partial charge in [0.15, 0.2) is 0 Å². The lowest BCUT2D eigenvalue weighted by molar-refractivity contribution is -0.133. The zero-order chi connectivity index (χ0) is 15.4. The Balaban J connectivity index is 1.69. The first-order chi connectivity index (χ1) is 9.95. The van der Waals surface area contributed by atoms with E-state index in [2.05, 4.69) is 34.7 Å². The summed E-state index contributed by atoms with van der Waals surface area (Å²) in [7, 11) is 4.09. The van der Waals surface area contributed by atoms with Gasteiger partial charge in [0.05, 0.1) is 5.69 Å². The van der Waals surface area contributed by atoms with E-state index in [1.807, 2.05) is 18.9 Å². The van der Waals surface area contributed by atoms with Gasteiger partial charge in [-0.1, -0.05) is 0 Å². The Hall–Kier alpha value is -1.36.